The monoisotopic (exact) mass is 293 g/mol. The van der Waals surface area contributed by atoms with E-state index in [9.17, 15) is 4.39 Å². The van der Waals surface area contributed by atoms with E-state index in [1.807, 2.05) is 13.1 Å². The van der Waals surface area contributed by atoms with Crippen LogP contribution >= 0.6 is 0 Å². The van der Waals surface area contributed by atoms with Crippen LogP contribution < -0.4 is 10.1 Å². The van der Waals surface area contributed by atoms with Crippen molar-refractivity contribution in [3.8, 4) is 5.75 Å². The van der Waals surface area contributed by atoms with Crippen LogP contribution in [0.4, 0.5) is 4.39 Å². The number of methoxy groups -OCH3 is 1. The molecule has 1 aliphatic heterocycles. The third kappa shape index (κ3) is 2.79. The van der Waals surface area contributed by atoms with Gasteiger partial charge in [0, 0.05) is 12.6 Å². The highest BCUT2D eigenvalue weighted by molar-refractivity contribution is 5.31. The Hall–Kier alpha value is -1.13. The summed E-state index contributed by atoms with van der Waals surface area (Å²) in [7, 11) is 3.45. The lowest BCUT2D eigenvalue weighted by atomic mass is 9.69. The average molecular weight is 293 g/mol. The van der Waals surface area contributed by atoms with Crippen molar-refractivity contribution in [1.29, 1.82) is 0 Å². The molecule has 1 spiro atoms. The third-order valence-corrected chi connectivity index (χ3v) is 5.11. The van der Waals surface area contributed by atoms with Gasteiger partial charge in [-0.05, 0) is 62.8 Å². The molecule has 2 unspecified atom stereocenters. The third-order valence-electron chi connectivity index (χ3n) is 5.11. The Kier molecular flexibility index (Phi) is 4.18. The number of ether oxygens (including phenoxy) is 2. The second-order valence-electron chi connectivity index (χ2n) is 6.30. The largest absolute Gasteiger partial charge is 0.494 e. The molecule has 2 aliphatic rings. The maximum absolute atomic E-state index is 14.0. The number of hydrogen-bond donors (Lipinski definition) is 1. The SMILES string of the molecule is CNC(c1ccc(OC)c(F)c1)C1CCOC2(CCC2)C1. The Bertz CT molecular complexity index is 502. The van der Waals surface area contributed by atoms with Gasteiger partial charge in [-0.15, -0.1) is 0 Å². The zero-order valence-corrected chi connectivity index (χ0v) is 12.8. The van der Waals surface area contributed by atoms with Crippen molar-refractivity contribution in [2.45, 2.75) is 43.7 Å². The Labute approximate surface area is 125 Å². The Morgan fingerprint density at radius 3 is 2.81 bits per heavy atom. The highest BCUT2D eigenvalue weighted by atomic mass is 19.1. The summed E-state index contributed by atoms with van der Waals surface area (Å²) in [6.07, 6.45) is 5.73. The summed E-state index contributed by atoms with van der Waals surface area (Å²) in [5.74, 6) is 0.508. The first-order valence-electron chi connectivity index (χ1n) is 7.82. The summed E-state index contributed by atoms with van der Waals surface area (Å²) in [5, 5.41) is 3.38. The first-order chi connectivity index (χ1) is 10.2. The molecule has 3 nitrogen and oxygen atoms in total. The fraction of sp³-hybridized carbons (Fsp3) is 0.647. The van der Waals surface area contributed by atoms with Crippen LogP contribution in [0.3, 0.4) is 0 Å². The Morgan fingerprint density at radius 2 is 2.24 bits per heavy atom. The second-order valence-corrected chi connectivity index (χ2v) is 6.30. The van der Waals surface area contributed by atoms with Gasteiger partial charge in [-0.3, -0.25) is 0 Å². The van der Waals surface area contributed by atoms with Gasteiger partial charge in [0.15, 0.2) is 11.6 Å². The van der Waals surface area contributed by atoms with Gasteiger partial charge < -0.3 is 14.8 Å². The first kappa shape index (κ1) is 14.8. The van der Waals surface area contributed by atoms with Gasteiger partial charge in [0.1, 0.15) is 0 Å². The van der Waals surface area contributed by atoms with Crippen molar-refractivity contribution < 1.29 is 13.9 Å². The molecule has 0 bridgehead atoms. The summed E-state index contributed by atoms with van der Waals surface area (Å²) >= 11 is 0. The van der Waals surface area contributed by atoms with Gasteiger partial charge in [-0.25, -0.2) is 4.39 Å². The van der Waals surface area contributed by atoms with Crippen LogP contribution in [0.25, 0.3) is 0 Å². The van der Waals surface area contributed by atoms with Crippen LogP contribution in [0.15, 0.2) is 18.2 Å². The summed E-state index contributed by atoms with van der Waals surface area (Å²) in [4.78, 5) is 0. The molecule has 1 N–H and O–H groups in total. The van der Waals surface area contributed by atoms with E-state index < -0.39 is 0 Å². The molecule has 4 heteroatoms. The van der Waals surface area contributed by atoms with E-state index in [-0.39, 0.29) is 17.5 Å². The molecule has 3 rings (SSSR count). The molecule has 2 atom stereocenters. The number of rotatable bonds is 4. The summed E-state index contributed by atoms with van der Waals surface area (Å²) < 4.78 is 25.0. The fourth-order valence-electron chi connectivity index (χ4n) is 3.82. The average Bonchev–Trinajstić information content (AvgIpc) is 2.47. The summed E-state index contributed by atoms with van der Waals surface area (Å²) in [5.41, 5.74) is 1.11. The zero-order valence-electron chi connectivity index (χ0n) is 12.8. The molecule has 1 heterocycles. The van der Waals surface area contributed by atoms with Crippen LogP contribution in [-0.2, 0) is 4.74 Å². The molecular formula is C17H24FNO2. The lowest BCUT2D eigenvalue weighted by Gasteiger charge is -2.48. The highest BCUT2D eigenvalue weighted by Gasteiger charge is 2.44. The van der Waals surface area contributed by atoms with E-state index in [4.69, 9.17) is 9.47 Å². The summed E-state index contributed by atoms with van der Waals surface area (Å²) in [6.45, 7) is 0.821. The minimum Gasteiger partial charge on any atom is -0.494 e. The zero-order chi connectivity index (χ0) is 14.9. The summed E-state index contributed by atoms with van der Waals surface area (Å²) in [6, 6.07) is 5.45. The van der Waals surface area contributed by atoms with Crippen LogP contribution in [0, 0.1) is 11.7 Å². The van der Waals surface area contributed by atoms with E-state index in [1.54, 1.807) is 12.1 Å². The molecule has 2 fully saturated rings. The van der Waals surface area contributed by atoms with Gasteiger partial charge in [0.05, 0.1) is 12.7 Å². The number of hydrogen-bond acceptors (Lipinski definition) is 3. The molecule has 0 amide bonds. The fourth-order valence-corrected chi connectivity index (χ4v) is 3.82. The van der Waals surface area contributed by atoms with E-state index in [0.29, 0.717) is 11.7 Å². The number of benzene rings is 1. The van der Waals surface area contributed by atoms with E-state index >= 15 is 0 Å². The Morgan fingerprint density at radius 1 is 1.43 bits per heavy atom. The van der Waals surface area contributed by atoms with E-state index in [1.165, 1.54) is 26.4 Å². The molecular weight excluding hydrogens is 269 g/mol. The van der Waals surface area contributed by atoms with Gasteiger partial charge in [-0.2, -0.15) is 0 Å². The van der Waals surface area contributed by atoms with E-state index in [2.05, 4.69) is 5.32 Å². The minimum absolute atomic E-state index is 0.114. The lowest BCUT2D eigenvalue weighted by molar-refractivity contribution is -0.147. The van der Waals surface area contributed by atoms with Crippen molar-refractivity contribution in [3.63, 3.8) is 0 Å². The van der Waals surface area contributed by atoms with Crippen molar-refractivity contribution in [2.24, 2.45) is 5.92 Å². The Balaban J connectivity index is 1.79. The van der Waals surface area contributed by atoms with E-state index in [0.717, 1.165) is 25.0 Å². The maximum atomic E-state index is 14.0. The number of nitrogens with one attached hydrogen (secondary N) is 1. The molecule has 1 saturated heterocycles. The van der Waals surface area contributed by atoms with Crippen LogP contribution in [0.5, 0.6) is 5.75 Å². The van der Waals surface area contributed by atoms with Crippen LogP contribution in [0.1, 0.15) is 43.7 Å². The molecule has 21 heavy (non-hydrogen) atoms. The highest BCUT2D eigenvalue weighted by Crippen LogP contribution is 2.47. The minimum atomic E-state index is -0.291. The van der Waals surface area contributed by atoms with Crippen molar-refractivity contribution in [3.05, 3.63) is 29.6 Å². The first-order valence-corrected chi connectivity index (χ1v) is 7.82. The lowest BCUT2D eigenvalue weighted by Crippen LogP contribution is -2.47. The van der Waals surface area contributed by atoms with Crippen LogP contribution in [0.2, 0.25) is 0 Å². The maximum Gasteiger partial charge on any atom is 0.165 e. The van der Waals surface area contributed by atoms with Gasteiger partial charge in [0.25, 0.3) is 0 Å². The molecule has 1 saturated carbocycles. The number of halogens is 1. The van der Waals surface area contributed by atoms with Crippen LogP contribution in [-0.4, -0.2) is 26.4 Å². The standard InChI is InChI=1S/C17H24FNO2/c1-19-16(12-4-5-15(20-2)14(18)10-12)13-6-9-21-17(11-13)7-3-8-17/h4-5,10,13,16,19H,3,6-9,11H2,1-2H3. The normalized spacial score (nSPS) is 25.4. The van der Waals surface area contributed by atoms with Crippen molar-refractivity contribution in [2.75, 3.05) is 20.8 Å². The van der Waals surface area contributed by atoms with Gasteiger partial charge in [-0.1, -0.05) is 6.07 Å². The van der Waals surface area contributed by atoms with Crippen molar-refractivity contribution in [1.82, 2.24) is 5.32 Å². The van der Waals surface area contributed by atoms with Crippen molar-refractivity contribution >= 4 is 0 Å². The molecule has 116 valence electrons. The smallest absolute Gasteiger partial charge is 0.165 e. The van der Waals surface area contributed by atoms with Gasteiger partial charge >= 0.3 is 0 Å². The molecule has 1 aliphatic carbocycles. The predicted octanol–water partition coefficient (Wildman–Crippen LogP) is 3.44. The predicted molar refractivity (Wildman–Crippen MR) is 80.0 cm³/mol. The second kappa shape index (κ2) is 5.93. The molecule has 0 radical (unpaired) electrons. The topological polar surface area (TPSA) is 30.5 Å². The molecule has 1 aromatic rings. The quantitative estimate of drug-likeness (QED) is 0.922. The van der Waals surface area contributed by atoms with Gasteiger partial charge in [0.2, 0.25) is 0 Å². The molecule has 1 aromatic carbocycles. The molecule has 0 aromatic heterocycles.